The second-order valence-electron chi connectivity index (χ2n) is 8.53. The third-order valence-corrected chi connectivity index (χ3v) is 7.09. The van der Waals surface area contributed by atoms with Crippen LogP contribution in [0.1, 0.15) is 42.8 Å². The lowest BCUT2D eigenvalue weighted by Gasteiger charge is -2.42. The molecule has 1 N–H and O–H groups in total. The van der Waals surface area contributed by atoms with E-state index < -0.39 is 12.2 Å². The van der Waals surface area contributed by atoms with Gasteiger partial charge in [0.1, 0.15) is 5.82 Å². The van der Waals surface area contributed by atoms with Crippen molar-refractivity contribution in [2.24, 2.45) is 11.8 Å². The number of rotatable bonds is 4. The predicted molar refractivity (Wildman–Crippen MR) is 111 cm³/mol. The molecule has 30 heavy (non-hydrogen) atoms. The first-order valence-electron chi connectivity index (χ1n) is 10.4. The van der Waals surface area contributed by atoms with E-state index in [1.54, 1.807) is 24.3 Å². The van der Waals surface area contributed by atoms with Crippen LogP contribution in [0.4, 0.5) is 19.0 Å². The van der Waals surface area contributed by atoms with Crippen LogP contribution in [0.15, 0.2) is 23.6 Å². The Bertz CT molecular complexity index is 879. The lowest BCUT2D eigenvalue weighted by atomic mass is 9.85. The third kappa shape index (κ3) is 4.36. The van der Waals surface area contributed by atoms with Gasteiger partial charge in [-0.25, -0.2) is 4.68 Å². The summed E-state index contributed by atoms with van der Waals surface area (Å²) in [4.78, 5) is 16.0. The number of aromatic nitrogens is 2. The van der Waals surface area contributed by atoms with Gasteiger partial charge in [0.05, 0.1) is 5.69 Å². The van der Waals surface area contributed by atoms with E-state index in [0.717, 1.165) is 17.5 Å². The van der Waals surface area contributed by atoms with Gasteiger partial charge in [-0.2, -0.15) is 18.3 Å². The fourth-order valence-corrected chi connectivity index (χ4v) is 5.54. The molecule has 0 unspecified atom stereocenters. The molecule has 0 spiro atoms. The minimum atomic E-state index is -4.35. The number of hydrogen-bond acceptors (Lipinski definition) is 4. The number of nitrogens with zero attached hydrogens (tertiary/aromatic N) is 3. The summed E-state index contributed by atoms with van der Waals surface area (Å²) >= 11 is 1.64. The molecule has 164 valence electrons. The highest BCUT2D eigenvalue weighted by molar-refractivity contribution is 7.09. The zero-order valence-electron chi connectivity index (χ0n) is 17.2. The summed E-state index contributed by atoms with van der Waals surface area (Å²) in [6.07, 6.45) is -2.08. The van der Waals surface area contributed by atoms with E-state index in [9.17, 15) is 18.0 Å². The summed E-state index contributed by atoms with van der Waals surface area (Å²) in [6, 6.07) is 3.72. The van der Waals surface area contributed by atoms with Crippen LogP contribution in [-0.4, -0.2) is 45.9 Å². The molecule has 4 heterocycles. The highest BCUT2D eigenvalue weighted by atomic mass is 32.1. The fraction of sp³-hybridized carbons (Fsp3) is 0.619. The Labute approximate surface area is 178 Å². The van der Waals surface area contributed by atoms with Crippen LogP contribution in [-0.2, 0) is 11.2 Å². The van der Waals surface area contributed by atoms with Crippen LogP contribution in [0.25, 0.3) is 0 Å². The Morgan fingerprint density at radius 3 is 2.93 bits per heavy atom. The standard InChI is InChI=1S/C21H27F3N4OS/c1-13(9-16-6-4-8-30-16)20(29)27-7-3-5-15(12-27)17-11-18(21(22,23)24)28-19(25-17)10-14(2)26-28/h4,6,8,10,13,15,17-18,25H,3,5,7,9,11-12H2,1-2H3/t13-,15-,17-,18+/m0/s1. The molecule has 0 radical (unpaired) electrons. The van der Waals surface area contributed by atoms with Crippen molar-refractivity contribution in [2.75, 3.05) is 18.4 Å². The molecule has 1 saturated heterocycles. The van der Waals surface area contributed by atoms with E-state index >= 15 is 0 Å². The lowest BCUT2D eigenvalue weighted by Crippen LogP contribution is -2.50. The maximum Gasteiger partial charge on any atom is 0.410 e. The molecule has 1 amide bonds. The number of hydrogen-bond donors (Lipinski definition) is 1. The predicted octanol–water partition coefficient (Wildman–Crippen LogP) is 4.66. The van der Waals surface area contributed by atoms with Gasteiger partial charge in [0.15, 0.2) is 6.04 Å². The van der Waals surface area contributed by atoms with E-state index in [4.69, 9.17) is 0 Å². The molecule has 0 bridgehead atoms. The maximum atomic E-state index is 13.7. The Balaban J connectivity index is 1.46. The summed E-state index contributed by atoms with van der Waals surface area (Å²) in [5.41, 5.74) is 0.565. The molecule has 2 aromatic heterocycles. The van der Waals surface area contributed by atoms with Gasteiger partial charge in [-0.3, -0.25) is 4.79 Å². The van der Waals surface area contributed by atoms with Gasteiger partial charge < -0.3 is 10.2 Å². The smallest absolute Gasteiger partial charge is 0.367 e. The quantitative estimate of drug-likeness (QED) is 0.753. The maximum absolute atomic E-state index is 13.7. The van der Waals surface area contributed by atoms with Crippen molar-refractivity contribution < 1.29 is 18.0 Å². The molecule has 0 saturated carbocycles. The summed E-state index contributed by atoms with van der Waals surface area (Å²) in [7, 11) is 0. The van der Waals surface area contributed by atoms with Crippen LogP contribution >= 0.6 is 11.3 Å². The number of anilines is 1. The van der Waals surface area contributed by atoms with Crippen molar-refractivity contribution in [1.82, 2.24) is 14.7 Å². The number of amides is 1. The van der Waals surface area contributed by atoms with Crippen molar-refractivity contribution in [3.05, 3.63) is 34.2 Å². The van der Waals surface area contributed by atoms with E-state index in [1.165, 1.54) is 4.88 Å². The van der Waals surface area contributed by atoms with Crippen molar-refractivity contribution in [2.45, 2.75) is 57.8 Å². The number of carbonyl (C=O) groups is 1. The minimum absolute atomic E-state index is 0.00885. The average Bonchev–Trinajstić information content (AvgIpc) is 3.34. The number of alkyl halides is 3. The van der Waals surface area contributed by atoms with Gasteiger partial charge in [0.2, 0.25) is 5.91 Å². The molecule has 1 fully saturated rings. The number of aryl methyl sites for hydroxylation is 1. The van der Waals surface area contributed by atoms with Gasteiger partial charge in [-0.15, -0.1) is 11.3 Å². The second kappa shape index (κ2) is 8.24. The summed E-state index contributed by atoms with van der Waals surface area (Å²) in [5.74, 6) is 0.372. The molecule has 9 heteroatoms. The van der Waals surface area contributed by atoms with Crippen molar-refractivity contribution in [3.8, 4) is 0 Å². The number of piperidine rings is 1. The number of nitrogens with one attached hydrogen (secondary N) is 1. The summed E-state index contributed by atoms with van der Waals surface area (Å²) in [6.45, 7) is 4.82. The van der Waals surface area contributed by atoms with Crippen LogP contribution in [0.3, 0.4) is 0 Å². The van der Waals surface area contributed by atoms with Crippen LogP contribution in [0, 0.1) is 18.8 Å². The Morgan fingerprint density at radius 1 is 1.43 bits per heavy atom. The van der Waals surface area contributed by atoms with Crippen LogP contribution in [0.5, 0.6) is 0 Å². The first-order valence-corrected chi connectivity index (χ1v) is 11.3. The Morgan fingerprint density at radius 2 is 2.23 bits per heavy atom. The van der Waals surface area contributed by atoms with Gasteiger partial charge >= 0.3 is 6.18 Å². The summed E-state index contributed by atoms with van der Waals surface area (Å²) in [5, 5.41) is 9.33. The van der Waals surface area contributed by atoms with Crippen molar-refractivity contribution >= 4 is 23.1 Å². The topological polar surface area (TPSA) is 50.2 Å². The van der Waals surface area contributed by atoms with Gasteiger partial charge in [0, 0.05) is 36.0 Å². The van der Waals surface area contributed by atoms with Crippen molar-refractivity contribution in [3.63, 3.8) is 0 Å². The van der Waals surface area contributed by atoms with Crippen LogP contribution < -0.4 is 5.32 Å². The zero-order valence-corrected chi connectivity index (χ0v) is 18.0. The van der Waals surface area contributed by atoms with E-state index in [2.05, 4.69) is 10.4 Å². The number of likely N-dealkylation sites (tertiary alicyclic amines) is 1. The number of halogens is 3. The number of thiophene rings is 1. The first-order chi connectivity index (χ1) is 14.2. The highest BCUT2D eigenvalue weighted by Crippen LogP contribution is 2.42. The minimum Gasteiger partial charge on any atom is -0.367 e. The molecule has 2 aromatic rings. The average molecular weight is 441 g/mol. The monoisotopic (exact) mass is 440 g/mol. The molecule has 0 aromatic carbocycles. The normalized spacial score (nSPS) is 25.5. The van der Waals surface area contributed by atoms with E-state index in [-0.39, 0.29) is 30.2 Å². The molecular formula is C21H27F3N4OS. The molecule has 2 aliphatic heterocycles. The number of carbonyl (C=O) groups excluding carboxylic acids is 1. The van der Waals surface area contributed by atoms with Gasteiger partial charge in [0.25, 0.3) is 0 Å². The number of fused-ring (bicyclic) bond motifs is 1. The van der Waals surface area contributed by atoms with Crippen molar-refractivity contribution in [1.29, 1.82) is 0 Å². The SMILES string of the molecule is Cc1cc2n(n1)[C@@H](C(F)(F)F)C[C@@H]([C@H]1CCCN(C(=O)[C@@H](C)Cc3cccs3)C1)N2. The largest absolute Gasteiger partial charge is 0.410 e. The summed E-state index contributed by atoms with van der Waals surface area (Å²) < 4.78 is 42.2. The molecule has 0 aliphatic carbocycles. The van der Waals surface area contributed by atoms with Crippen LogP contribution in [0.2, 0.25) is 0 Å². The molecule has 4 atom stereocenters. The van der Waals surface area contributed by atoms with Gasteiger partial charge in [-0.05, 0) is 50.0 Å². The first kappa shape index (κ1) is 21.2. The van der Waals surface area contributed by atoms with Gasteiger partial charge in [-0.1, -0.05) is 13.0 Å². The third-order valence-electron chi connectivity index (χ3n) is 6.19. The molecule has 2 aliphatic rings. The second-order valence-corrected chi connectivity index (χ2v) is 9.56. The zero-order chi connectivity index (χ0) is 21.5. The Kier molecular flexibility index (Phi) is 5.83. The molecular weight excluding hydrogens is 413 g/mol. The van der Waals surface area contributed by atoms with E-state index in [1.807, 2.05) is 29.3 Å². The Hall–Kier alpha value is -2.03. The lowest BCUT2D eigenvalue weighted by molar-refractivity contribution is -0.175. The molecule has 5 nitrogen and oxygen atoms in total. The van der Waals surface area contributed by atoms with E-state index in [0.29, 0.717) is 31.0 Å². The highest BCUT2D eigenvalue weighted by Gasteiger charge is 2.48. The molecule has 4 rings (SSSR count). The fourth-order valence-electron chi connectivity index (χ4n) is 4.70.